The van der Waals surface area contributed by atoms with Crippen LogP contribution in [0.25, 0.3) is 10.6 Å². The zero-order chi connectivity index (χ0) is 17.6. The van der Waals surface area contributed by atoms with E-state index in [9.17, 15) is 0 Å². The number of thiazole rings is 1. The molecular formula is C16H17N3O2S4. The monoisotopic (exact) mass is 411 g/mol. The minimum Gasteiger partial charge on any atom is -0.493 e. The van der Waals surface area contributed by atoms with Gasteiger partial charge >= 0.3 is 0 Å². The Labute approximate surface area is 163 Å². The average Bonchev–Trinajstić information content (AvgIpc) is 3.28. The Balaban J connectivity index is 1.72. The fourth-order valence-electron chi connectivity index (χ4n) is 2.13. The van der Waals surface area contributed by atoms with Crippen molar-refractivity contribution >= 4 is 46.2 Å². The van der Waals surface area contributed by atoms with Crippen LogP contribution in [0.5, 0.6) is 11.5 Å². The highest BCUT2D eigenvalue weighted by atomic mass is 32.2. The van der Waals surface area contributed by atoms with E-state index in [1.165, 1.54) is 0 Å². The summed E-state index contributed by atoms with van der Waals surface area (Å²) in [6.07, 6.45) is 0. The highest BCUT2D eigenvalue weighted by molar-refractivity contribution is 8.02. The molecule has 1 aromatic carbocycles. The van der Waals surface area contributed by atoms with Gasteiger partial charge in [-0.2, -0.15) is 0 Å². The summed E-state index contributed by atoms with van der Waals surface area (Å²) in [4.78, 5) is 4.74. The van der Waals surface area contributed by atoms with Gasteiger partial charge in [0.25, 0.3) is 0 Å². The third-order valence-electron chi connectivity index (χ3n) is 3.18. The third-order valence-corrected chi connectivity index (χ3v) is 7.21. The van der Waals surface area contributed by atoms with E-state index in [0.29, 0.717) is 11.5 Å². The number of benzene rings is 1. The summed E-state index contributed by atoms with van der Waals surface area (Å²) in [5.41, 5.74) is 1.97. The summed E-state index contributed by atoms with van der Waals surface area (Å²) in [5, 5.41) is 11.4. The van der Waals surface area contributed by atoms with Gasteiger partial charge in [-0.3, -0.25) is 0 Å². The van der Waals surface area contributed by atoms with Gasteiger partial charge in [-0.05, 0) is 17.9 Å². The Morgan fingerprint density at radius 2 is 1.88 bits per heavy atom. The first-order valence-corrected chi connectivity index (χ1v) is 11.2. The molecule has 9 heteroatoms. The van der Waals surface area contributed by atoms with E-state index in [-0.39, 0.29) is 0 Å². The van der Waals surface area contributed by atoms with Gasteiger partial charge < -0.3 is 9.47 Å². The van der Waals surface area contributed by atoms with E-state index in [1.807, 2.05) is 18.2 Å². The van der Waals surface area contributed by atoms with E-state index in [1.54, 1.807) is 60.4 Å². The van der Waals surface area contributed by atoms with Gasteiger partial charge in [0.1, 0.15) is 5.01 Å². The number of para-hydroxylation sites is 1. The van der Waals surface area contributed by atoms with Crippen molar-refractivity contribution in [1.29, 1.82) is 0 Å². The first-order chi connectivity index (χ1) is 12.2. The maximum atomic E-state index is 5.50. The number of hydrogen-bond acceptors (Lipinski definition) is 9. The second kappa shape index (κ2) is 8.88. The second-order valence-corrected chi connectivity index (χ2v) is 9.31. The van der Waals surface area contributed by atoms with Crippen molar-refractivity contribution in [2.75, 3.05) is 20.0 Å². The number of methoxy groups -OCH3 is 2. The SMILES string of the molecule is CCSc1nnc(SCc2csc(-c3cccc(OC)c3OC)n2)s1. The van der Waals surface area contributed by atoms with Gasteiger partial charge in [-0.15, -0.1) is 21.5 Å². The number of thioether (sulfide) groups is 2. The lowest BCUT2D eigenvalue weighted by atomic mass is 10.2. The van der Waals surface area contributed by atoms with Crippen LogP contribution in [0.3, 0.4) is 0 Å². The predicted octanol–water partition coefficient (Wildman–Crippen LogP) is 5.08. The van der Waals surface area contributed by atoms with Crippen molar-refractivity contribution in [3.8, 4) is 22.1 Å². The largest absolute Gasteiger partial charge is 0.493 e. The molecule has 132 valence electrons. The summed E-state index contributed by atoms with van der Waals surface area (Å²) in [6, 6.07) is 5.82. The van der Waals surface area contributed by atoms with Crippen LogP contribution < -0.4 is 9.47 Å². The summed E-state index contributed by atoms with van der Waals surface area (Å²) >= 11 is 6.62. The molecule has 0 spiro atoms. The van der Waals surface area contributed by atoms with Gasteiger partial charge in [0.2, 0.25) is 0 Å². The minimum atomic E-state index is 0.709. The quantitative estimate of drug-likeness (QED) is 0.479. The van der Waals surface area contributed by atoms with Crippen LogP contribution in [-0.2, 0) is 5.75 Å². The van der Waals surface area contributed by atoms with E-state index in [0.717, 1.165) is 36.5 Å². The maximum absolute atomic E-state index is 5.50. The highest BCUT2D eigenvalue weighted by Gasteiger charge is 2.15. The summed E-state index contributed by atoms with van der Waals surface area (Å²) in [5.74, 6) is 3.20. The molecule has 0 saturated heterocycles. The van der Waals surface area contributed by atoms with E-state index < -0.39 is 0 Å². The van der Waals surface area contributed by atoms with Crippen molar-refractivity contribution < 1.29 is 9.47 Å². The molecule has 2 aromatic heterocycles. The van der Waals surface area contributed by atoms with E-state index in [4.69, 9.17) is 14.5 Å². The zero-order valence-electron chi connectivity index (χ0n) is 14.0. The van der Waals surface area contributed by atoms with Gasteiger partial charge in [0.15, 0.2) is 20.2 Å². The van der Waals surface area contributed by atoms with Gasteiger partial charge in [0.05, 0.1) is 25.5 Å². The van der Waals surface area contributed by atoms with Crippen molar-refractivity contribution in [3.63, 3.8) is 0 Å². The standard InChI is InChI=1S/C16H17N3O2S4/c1-4-22-15-18-19-16(25-15)24-9-10-8-23-14(17-10)11-6-5-7-12(20-2)13(11)21-3/h5-8H,4,9H2,1-3H3. The van der Waals surface area contributed by atoms with Crippen LogP contribution in [0.4, 0.5) is 0 Å². The number of aromatic nitrogens is 3. The molecular weight excluding hydrogens is 394 g/mol. The third kappa shape index (κ3) is 4.46. The van der Waals surface area contributed by atoms with Crippen LogP contribution in [0.15, 0.2) is 32.3 Å². The molecule has 0 fully saturated rings. The lowest BCUT2D eigenvalue weighted by molar-refractivity contribution is 0.356. The second-order valence-electron chi connectivity index (χ2n) is 4.74. The highest BCUT2D eigenvalue weighted by Crippen LogP contribution is 2.39. The molecule has 0 atom stereocenters. The summed E-state index contributed by atoms with van der Waals surface area (Å²) in [7, 11) is 3.28. The fourth-order valence-corrected chi connectivity index (χ4v) is 5.88. The Kier molecular flexibility index (Phi) is 6.57. The molecule has 0 aliphatic rings. The molecule has 0 aliphatic heterocycles. The molecule has 0 bridgehead atoms. The van der Waals surface area contributed by atoms with Crippen molar-refractivity contribution in [2.45, 2.75) is 21.4 Å². The first kappa shape index (κ1) is 18.5. The Bertz CT molecular complexity index is 834. The molecule has 2 heterocycles. The molecule has 0 amide bonds. The van der Waals surface area contributed by atoms with Crippen LogP contribution in [0.2, 0.25) is 0 Å². The molecule has 3 rings (SSSR count). The number of nitrogens with zero attached hydrogens (tertiary/aromatic N) is 3. The lowest BCUT2D eigenvalue weighted by Gasteiger charge is -2.10. The van der Waals surface area contributed by atoms with E-state index >= 15 is 0 Å². The van der Waals surface area contributed by atoms with Crippen LogP contribution in [-0.4, -0.2) is 35.2 Å². The molecule has 0 saturated carbocycles. The molecule has 0 unspecified atom stereocenters. The zero-order valence-corrected chi connectivity index (χ0v) is 17.3. The minimum absolute atomic E-state index is 0.709. The van der Waals surface area contributed by atoms with Gasteiger partial charge in [0, 0.05) is 11.1 Å². The molecule has 0 N–H and O–H groups in total. The normalized spacial score (nSPS) is 10.8. The van der Waals surface area contributed by atoms with Crippen molar-refractivity contribution in [2.24, 2.45) is 0 Å². The first-order valence-electron chi connectivity index (χ1n) is 7.50. The Morgan fingerprint density at radius 1 is 1.08 bits per heavy atom. The lowest BCUT2D eigenvalue weighted by Crippen LogP contribution is -1.93. The average molecular weight is 412 g/mol. The number of ether oxygens (including phenoxy) is 2. The topological polar surface area (TPSA) is 57.1 Å². The Morgan fingerprint density at radius 3 is 2.60 bits per heavy atom. The Hall–Kier alpha value is -1.29. The maximum Gasteiger partial charge on any atom is 0.175 e. The molecule has 0 aliphatic carbocycles. The summed E-state index contributed by atoms with van der Waals surface area (Å²) < 4.78 is 12.9. The number of rotatable bonds is 8. The van der Waals surface area contributed by atoms with Crippen LogP contribution >= 0.6 is 46.2 Å². The van der Waals surface area contributed by atoms with E-state index in [2.05, 4.69) is 22.5 Å². The summed E-state index contributed by atoms with van der Waals surface area (Å²) in [6.45, 7) is 2.11. The molecule has 3 aromatic rings. The van der Waals surface area contributed by atoms with Gasteiger partial charge in [-0.25, -0.2) is 4.98 Å². The fraction of sp³-hybridized carbons (Fsp3) is 0.312. The smallest absolute Gasteiger partial charge is 0.175 e. The van der Waals surface area contributed by atoms with Gasteiger partial charge in [-0.1, -0.05) is 47.9 Å². The molecule has 25 heavy (non-hydrogen) atoms. The number of hydrogen-bond donors (Lipinski definition) is 0. The van der Waals surface area contributed by atoms with Crippen LogP contribution in [0.1, 0.15) is 12.6 Å². The van der Waals surface area contributed by atoms with Crippen molar-refractivity contribution in [1.82, 2.24) is 15.2 Å². The molecule has 0 radical (unpaired) electrons. The molecule has 5 nitrogen and oxygen atoms in total. The van der Waals surface area contributed by atoms with Crippen molar-refractivity contribution in [3.05, 3.63) is 29.3 Å². The van der Waals surface area contributed by atoms with Crippen LogP contribution in [0, 0.1) is 0 Å². The predicted molar refractivity (Wildman–Crippen MR) is 107 cm³/mol.